The van der Waals surface area contributed by atoms with Crippen molar-refractivity contribution in [2.24, 2.45) is 0 Å². The first kappa shape index (κ1) is 18.9. The highest BCUT2D eigenvalue weighted by Gasteiger charge is 2.49. The van der Waals surface area contributed by atoms with Gasteiger partial charge in [0.05, 0.1) is 12.7 Å². The zero-order chi connectivity index (χ0) is 18.9. The Morgan fingerprint density at radius 1 is 1.32 bits per heavy atom. The van der Waals surface area contributed by atoms with Crippen molar-refractivity contribution in [2.45, 2.75) is 19.0 Å². The fourth-order valence-electron chi connectivity index (χ4n) is 2.67. The topological polar surface area (TPSA) is 66.8 Å². The van der Waals surface area contributed by atoms with Crippen LogP contribution in [0.2, 0.25) is 5.02 Å². The zero-order valence-electron chi connectivity index (χ0n) is 13.1. The maximum atomic E-state index is 13.6. The lowest BCUT2D eigenvalue weighted by atomic mass is 9.85. The maximum Gasteiger partial charge on any atom is 0.432 e. The van der Waals surface area contributed by atoms with Crippen LogP contribution in [-0.2, 0) is 9.53 Å². The van der Waals surface area contributed by atoms with Gasteiger partial charge in [0.15, 0.2) is 0 Å². The molecule has 0 radical (unpaired) electrons. The summed E-state index contributed by atoms with van der Waals surface area (Å²) < 4.78 is 45.3. The summed E-state index contributed by atoms with van der Waals surface area (Å²) in [5.41, 5.74) is -2.28. The lowest BCUT2D eigenvalue weighted by Crippen LogP contribution is -2.40. The number of ether oxygens (including phenoxy) is 1. The Morgan fingerprint density at radius 2 is 1.96 bits per heavy atom. The van der Waals surface area contributed by atoms with Gasteiger partial charge in [-0.2, -0.15) is 13.2 Å². The number of carboxylic acid groups (broad SMARTS) is 1. The van der Waals surface area contributed by atoms with Crippen LogP contribution in [0.4, 0.5) is 18.0 Å². The molecule has 1 aromatic carbocycles. The van der Waals surface area contributed by atoms with E-state index < -0.39 is 35.4 Å². The van der Waals surface area contributed by atoms with E-state index in [-0.39, 0.29) is 15.6 Å². The van der Waals surface area contributed by atoms with Crippen LogP contribution in [0.15, 0.2) is 47.3 Å². The van der Waals surface area contributed by atoms with E-state index in [9.17, 15) is 27.9 Å². The highest BCUT2D eigenvalue weighted by molar-refractivity contribution is 6.30. The molecule has 0 bridgehead atoms. The summed E-state index contributed by atoms with van der Waals surface area (Å²) in [6.07, 6.45) is -5.69. The number of carbonyl (C=O) groups is 2. The normalized spacial score (nSPS) is 18.1. The number of halogens is 4. The van der Waals surface area contributed by atoms with Gasteiger partial charge in [-0.05, 0) is 24.6 Å². The molecule has 0 aromatic heterocycles. The second-order valence-electron chi connectivity index (χ2n) is 5.21. The van der Waals surface area contributed by atoms with E-state index >= 15 is 0 Å². The number of rotatable bonds is 2. The lowest BCUT2D eigenvalue weighted by Gasteiger charge is -2.33. The van der Waals surface area contributed by atoms with Gasteiger partial charge in [0.25, 0.3) is 0 Å². The SMILES string of the molecule is COC(=O)C1=C(C(F)(F)F)N(C(=O)O)C(C)=CC1c1cccc(Cl)c1. The molecule has 2 rings (SSSR count). The van der Waals surface area contributed by atoms with Gasteiger partial charge in [0, 0.05) is 16.6 Å². The van der Waals surface area contributed by atoms with Crippen molar-refractivity contribution in [1.29, 1.82) is 0 Å². The predicted octanol–water partition coefficient (Wildman–Crippen LogP) is 4.31. The van der Waals surface area contributed by atoms with Crippen molar-refractivity contribution >= 4 is 23.7 Å². The molecule has 0 fully saturated rings. The second kappa shape index (κ2) is 6.79. The van der Waals surface area contributed by atoms with Crippen LogP contribution < -0.4 is 0 Å². The van der Waals surface area contributed by atoms with E-state index in [0.717, 1.165) is 7.11 Å². The van der Waals surface area contributed by atoms with Crippen LogP contribution in [-0.4, -0.2) is 35.4 Å². The van der Waals surface area contributed by atoms with E-state index in [1.165, 1.54) is 37.3 Å². The van der Waals surface area contributed by atoms with Gasteiger partial charge < -0.3 is 9.84 Å². The molecule has 5 nitrogen and oxygen atoms in total. The number of esters is 1. The zero-order valence-corrected chi connectivity index (χ0v) is 13.9. The van der Waals surface area contributed by atoms with Crippen LogP contribution >= 0.6 is 11.6 Å². The van der Waals surface area contributed by atoms with Crippen LogP contribution in [0.25, 0.3) is 0 Å². The molecule has 1 aliphatic rings. The van der Waals surface area contributed by atoms with E-state index in [2.05, 4.69) is 4.74 Å². The molecule has 9 heteroatoms. The molecule has 1 aliphatic heterocycles. The molecular weight excluding hydrogens is 363 g/mol. The van der Waals surface area contributed by atoms with Crippen LogP contribution in [0.1, 0.15) is 18.4 Å². The van der Waals surface area contributed by atoms with Crippen LogP contribution in [0.3, 0.4) is 0 Å². The smallest absolute Gasteiger partial charge is 0.432 e. The van der Waals surface area contributed by atoms with Gasteiger partial charge in [-0.25, -0.2) is 14.5 Å². The first-order valence-electron chi connectivity index (χ1n) is 6.94. The van der Waals surface area contributed by atoms with Crippen molar-refractivity contribution in [3.8, 4) is 0 Å². The van der Waals surface area contributed by atoms with Crippen molar-refractivity contribution in [2.75, 3.05) is 7.11 Å². The van der Waals surface area contributed by atoms with Gasteiger partial charge in [0.1, 0.15) is 5.70 Å². The average Bonchev–Trinajstić information content (AvgIpc) is 2.51. The molecule has 0 saturated heterocycles. The number of alkyl halides is 3. The fourth-order valence-corrected chi connectivity index (χ4v) is 2.86. The van der Waals surface area contributed by atoms with Crippen molar-refractivity contribution in [3.05, 3.63) is 57.9 Å². The number of benzene rings is 1. The number of hydrogen-bond acceptors (Lipinski definition) is 3. The second-order valence-corrected chi connectivity index (χ2v) is 5.65. The number of methoxy groups -OCH3 is 1. The third kappa shape index (κ3) is 3.63. The molecule has 134 valence electrons. The minimum Gasteiger partial charge on any atom is -0.466 e. The van der Waals surface area contributed by atoms with Gasteiger partial charge in [-0.1, -0.05) is 29.8 Å². The molecule has 0 saturated carbocycles. The monoisotopic (exact) mass is 375 g/mol. The van der Waals surface area contributed by atoms with Crippen molar-refractivity contribution < 1.29 is 32.6 Å². The molecule has 0 aliphatic carbocycles. The van der Waals surface area contributed by atoms with Crippen LogP contribution in [0, 0.1) is 0 Å². The Balaban J connectivity index is 2.81. The fraction of sp³-hybridized carbons (Fsp3) is 0.250. The van der Waals surface area contributed by atoms with E-state index in [1.54, 1.807) is 0 Å². The third-order valence-corrected chi connectivity index (χ3v) is 3.86. The van der Waals surface area contributed by atoms with Gasteiger partial charge >= 0.3 is 18.2 Å². The van der Waals surface area contributed by atoms with Crippen molar-refractivity contribution in [3.63, 3.8) is 0 Å². The summed E-state index contributed by atoms with van der Waals surface area (Å²) in [5.74, 6) is -2.43. The minimum absolute atomic E-state index is 0.0350. The van der Waals surface area contributed by atoms with E-state index in [4.69, 9.17) is 11.6 Å². The highest BCUT2D eigenvalue weighted by Crippen LogP contribution is 2.43. The quantitative estimate of drug-likeness (QED) is 0.782. The Morgan fingerprint density at radius 3 is 2.44 bits per heavy atom. The molecule has 25 heavy (non-hydrogen) atoms. The first-order chi connectivity index (χ1) is 11.6. The molecule has 0 spiro atoms. The largest absolute Gasteiger partial charge is 0.466 e. The number of amides is 1. The molecule has 1 amide bonds. The van der Waals surface area contributed by atoms with Gasteiger partial charge in [-0.15, -0.1) is 0 Å². The third-order valence-electron chi connectivity index (χ3n) is 3.62. The summed E-state index contributed by atoms with van der Waals surface area (Å²) in [7, 11) is 0.925. The highest BCUT2D eigenvalue weighted by atomic mass is 35.5. The number of hydrogen-bond donors (Lipinski definition) is 1. The number of allylic oxidation sites excluding steroid dienone is 3. The van der Waals surface area contributed by atoms with Gasteiger partial charge in [-0.3, -0.25) is 0 Å². The summed E-state index contributed by atoms with van der Waals surface area (Å²) >= 11 is 5.89. The maximum absolute atomic E-state index is 13.6. The molecule has 1 N–H and O–H groups in total. The Hall–Kier alpha value is -2.48. The summed E-state index contributed by atoms with van der Waals surface area (Å²) in [6.45, 7) is 1.21. The van der Waals surface area contributed by atoms with Crippen molar-refractivity contribution in [1.82, 2.24) is 4.90 Å². The predicted molar refractivity (Wildman–Crippen MR) is 82.9 cm³/mol. The van der Waals surface area contributed by atoms with E-state index in [0.29, 0.717) is 5.56 Å². The summed E-state index contributed by atoms with van der Waals surface area (Å²) in [4.78, 5) is 23.5. The molecule has 1 heterocycles. The number of nitrogens with zero attached hydrogens (tertiary/aromatic N) is 1. The average molecular weight is 376 g/mol. The Bertz CT molecular complexity index is 786. The lowest BCUT2D eigenvalue weighted by molar-refractivity contribution is -0.139. The standard InChI is InChI=1S/C16H13ClF3NO4/c1-8-6-11(9-4-3-5-10(17)7-9)12(14(22)25-2)13(16(18,19)20)21(8)15(23)24/h3-7,11H,1-2H3,(H,23,24). The van der Waals surface area contributed by atoms with Gasteiger partial charge in [0.2, 0.25) is 0 Å². The Labute approximate surface area is 145 Å². The van der Waals surface area contributed by atoms with Crippen LogP contribution in [0.5, 0.6) is 0 Å². The molecular formula is C16H13ClF3NO4. The molecule has 1 unspecified atom stereocenters. The number of carbonyl (C=O) groups excluding carboxylic acids is 1. The van der Waals surface area contributed by atoms with E-state index in [1.807, 2.05) is 0 Å². The molecule has 1 atom stereocenters. The summed E-state index contributed by atoms with van der Waals surface area (Å²) in [5, 5.41) is 9.46. The minimum atomic E-state index is -5.09. The Kier molecular flexibility index (Phi) is 5.12. The molecule has 1 aromatic rings. The first-order valence-corrected chi connectivity index (χ1v) is 7.32. The summed E-state index contributed by atoms with van der Waals surface area (Å²) in [6, 6.07) is 5.95.